The molecule has 9 heterocycles. The van der Waals surface area contributed by atoms with E-state index in [4.69, 9.17) is 23.7 Å². The Morgan fingerprint density at radius 3 is 0.959 bits per heavy atom. The lowest BCUT2D eigenvalue weighted by Crippen LogP contribution is -2.66. The minimum atomic E-state index is 0.520. The van der Waals surface area contributed by atoms with Gasteiger partial charge in [0.15, 0.2) is 0 Å². The van der Waals surface area contributed by atoms with Crippen LogP contribution in [0.3, 0.4) is 0 Å². The van der Waals surface area contributed by atoms with Crippen molar-refractivity contribution in [3.63, 3.8) is 0 Å². The van der Waals surface area contributed by atoms with Gasteiger partial charge in [0.05, 0.1) is 41.7 Å². The van der Waals surface area contributed by atoms with E-state index in [1.54, 1.807) is 28.4 Å². The van der Waals surface area contributed by atoms with Crippen molar-refractivity contribution in [3.8, 4) is 23.0 Å². The standard InChI is InChI=1S/C17H22N2O.C16H20N2O2.C14H18N2O.C13H16N2O/c1-20-15-3-4-16-14(11-15)5-8-19(16)10-9-18-12-17(13-18)6-2-7-17;1-19-14-2-3-15-13(8-14)4-5-18(15)7-6-17-9-16(10-17)11-20-12-16;1-17-13-3-4-14-12(11-13)5-8-16(14)10-9-15-6-2-7-15;1-16-12-2-3-13-11(10-12)4-5-15(13)9-8-14-6-7-14/h3-5,8,11H,2,6-7,9-10,12-13H2,1H3;2-5,8H,6-7,9-12H2,1H3;3-5,8,11H,2,6-7,9-10H2,1H3;2-5,10H,6-9H2,1H3. The van der Waals surface area contributed by atoms with Crippen LogP contribution >= 0.6 is 0 Å². The molecule has 6 aliphatic rings. The van der Waals surface area contributed by atoms with E-state index in [0.717, 1.165) is 87.4 Å². The average molecular weight is 989 g/mol. The third kappa shape index (κ3) is 11.3. The molecule has 0 radical (unpaired) electrons. The molecule has 0 bridgehead atoms. The summed E-state index contributed by atoms with van der Waals surface area (Å²) in [6.07, 6.45) is 14.5. The lowest BCUT2D eigenvalue weighted by Gasteiger charge is -2.56. The molecule has 5 aliphatic heterocycles. The number of benzene rings is 4. The number of nitrogens with zero attached hydrogens (tertiary/aromatic N) is 8. The number of hydrogen-bond acceptors (Lipinski definition) is 9. The molecule has 6 fully saturated rings. The minimum absolute atomic E-state index is 0.520. The monoisotopic (exact) mass is 989 g/mol. The molecule has 1 saturated carbocycles. The second-order valence-corrected chi connectivity index (χ2v) is 21.5. The highest BCUT2D eigenvalue weighted by atomic mass is 16.5. The maximum atomic E-state index is 5.31. The van der Waals surface area contributed by atoms with E-state index < -0.39 is 0 Å². The van der Waals surface area contributed by atoms with Crippen LogP contribution in [0, 0.1) is 10.8 Å². The second-order valence-electron chi connectivity index (χ2n) is 21.5. The van der Waals surface area contributed by atoms with E-state index in [-0.39, 0.29) is 0 Å². The van der Waals surface area contributed by atoms with Crippen molar-refractivity contribution in [1.82, 2.24) is 37.9 Å². The summed E-state index contributed by atoms with van der Waals surface area (Å²) < 4.78 is 35.7. The summed E-state index contributed by atoms with van der Waals surface area (Å²) in [4.78, 5) is 10.1. The molecule has 1 aliphatic carbocycles. The summed E-state index contributed by atoms with van der Waals surface area (Å²) in [5.41, 5.74) is 6.45. The predicted molar refractivity (Wildman–Crippen MR) is 294 cm³/mol. The van der Waals surface area contributed by atoms with Gasteiger partial charge in [-0.25, -0.2) is 0 Å². The van der Waals surface area contributed by atoms with Gasteiger partial charge < -0.3 is 56.7 Å². The van der Waals surface area contributed by atoms with E-state index in [1.165, 1.54) is 128 Å². The molecule has 4 aromatic carbocycles. The molecule has 13 heteroatoms. The van der Waals surface area contributed by atoms with E-state index in [0.29, 0.717) is 5.41 Å². The number of rotatable bonds is 16. The molecule has 5 saturated heterocycles. The van der Waals surface area contributed by atoms with Gasteiger partial charge in [0.1, 0.15) is 23.0 Å². The summed E-state index contributed by atoms with van der Waals surface area (Å²) >= 11 is 0. The van der Waals surface area contributed by atoms with Crippen LogP contribution in [-0.2, 0) is 30.9 Å². The zero-order valence-corrected chi connectivity index (χ0v) is 43.7. The van der Waals surface area contributed by atoms with Crippen molar-refractivity contribution in [2.75, 3.05) is 120 Å². The van der Waals surface area contributed by atoms with Gasteiger partial charge in [-0.15, -0.1) is 0 Å². The lowest BCUT2D eigenvalue weighted by atomic mass is 9.63. The van der Waals surface area contributed by atoms with Crippen LogP contribution in [0.4, 0.5) is 0 Å². The Morgan fingerprint density at radius 1 is 0.370 bits per heavy atom. The smallest absolute Gasteiger partial charge is 0.119 e. The van der Waals surface area contributed by atoms with Gasteiger partial charge in [-0.3, -0.25) is 4.90 Å². The SMILES string of the molecule is COc1ccc2c(ccn2CCN2CC2)c1.COc1ccc2c(ccn2CCN2CC3(CCC3)C2)c1.COc1ccc2c(ccn2CCN2CC3(COC3)C2)c1.COc1ccc2c(ccn2CCN2CCC2)c1. The van der Waals surface area contributed by atoms with Gasteiger partial charge in [-0.1, -0.05) is 6.42 Å². The Balaban J connectivity index is 0.000000105. The summed E-state index contributed by atoms with van der Waals surface area (Å²) in [5.74, 6) is 3.71. The Hall–Kier alpha value is -5.96. The average Bonchev–Trinajstić information content (AvgIpc) is 3.61. The Kier molecular flexibility index (Phi) is 14.8. The lowest BCUT2D eigenvalue weighted by molar-refractivity contribution is -0.189. The van der Waals surface area contributed by atoms with Crippen molar-refractivity contribution in [2.24, 2.45) is 10.8 Å². The van der Waals surface area contributed by atoms with Crippen molar-refractivity contribution in [3.05, 3.63) is 122 Å². The molecule has 386 valence electrons. The summed E-state index contributed by atoms with van der Waals surface area (Å²) in [6, 6.07) is 33.8. The minimum Gasteiger partial charge on any atom is -0.497 e. The van der Waals surface area contributed by atoms with Gasteiger partial charge in [0, 0.05) is 165 Å². The summed E-state index contributed by atoms with van der Waals surface area (Å²) in [7, 11) is 6.85. The number of hydrogen-bond donors (Lipinski definition) is 0. The third-order valence-electron chi connectivity index (χ3n) is 16.5. The molecule has 13 nitrogen and oxygen atoms in total. The molecule has 0 amide bonds. The Morgan fingerprint density at radius 2 is 0.699 bits per heavy atom. The number of ether oxygens (including phenoxy) is 5. The molecule has 73 heavy (non-hydrogen) atoms. The highest BCUT2D eigenvalue weighted by Crippen LogP contribution is 2.48. The first-order chi connectivity index (χ1) is 35.8. The van der Waals surface area contributed by atoms with Crippen LogP contribution in [0.1, 0.15) is 25.7 Å². The van der Waals surface area contributed by atoms with Crippen LogP contribution in [0.15, 0.2) is 122 Å². The van der Waals surface area contributed by atoms with Gasteiger partial charge in [0.2, 0.25) is 0 Å². The molecule has 0 N–H and O–H groups in total. The fourth-order valence-corrected chi connectivity index (χ4v) is 11.6. The summed E-state index contributed by atoms with van der Waals surface area (Å²) in [5, 5.41) is 5.03. The number of methoxy groups -OCH3 is 4. The van der Waals surface area contributed by atoms with Crippen LogP contribution in [-0.4, -0.2) is 158 Å². The van der Waals surface area contributed by atoms with E-state index >= 15 is 0 Å². The molecular weight excluding hydrogens is 913 g/mol. The highest BCUT2D eigenvalue weighted by molar-refractivity contribution is 5.84. The van der Waals surface area contributed by atoms with Crippen molar-refractivity contribution < 1.29 is 23.7 Å². The molecule has 4 aromatic heterocycles. The van der Waals surface area contributed by atoms with E-state index in [2.05, 4.69) is 135 Å². The largest absolute Gasteiger partial charge is 0.497 e. The molecule has 0 unspecified atom stereocenters. The zero-order chi connectivity index (χ0) is 49.8. The zero-order valence-electron chi connectivity index (χ0n) is 43.7. The molecular formula is C60H76N8O5. The fourth-order valence-electron chi connectivity index (χ4n) is 11.6. The van der Waals surface area contributed by atoms with Gasteiger partial charge in [0.25, 0.3) is 0 Å². The maximum absolute atomic E-state index is 5.31. The molecule has 14 rings (SSSR count). The van der Waals surface area contributed by atoms with Crippen molar-refractivity contribution >= 4 is 43.6 Å². The molecule has 2 spiro atoms. The Labute approximate surface area is 431 Å². The van der Waals surface area contributed by atoms with Gasteiger partial charge in [-0.2, -0.15) is 0 Å². The normalized spacial score (nSPS) is 18.6. The first-order valence-electron chi connectivity index (χ1n) is 26.8. The number of aromatic nitrogens is 4. The topological polar surface area (TPSA) is 78.6 Å². The first kappa shape index (κ1) is 49.3. The van der Waals surface area contributed by atoms with Gasteiger partial charge in [-0.05, 0) is 135 Å². The van der Waals surface area contributed by atoms with Crippen LogP contribution in [0.2, 0.25) is 0 Å². The first-order valence-corrected chi connectivity index (χ1v) is 26.8. The number of fused-ring (bicyclic) bond motifs is 4. The predicted octanol–water partition coefficient (Wildman–Crippen LogP) is 9.44. The maximum Gasteiger partial charge on any atom is 0.119 e. The molecule has 0 atom stereocenters. The van der Waals surface area contributed by atoms with E-state index in [1.807, 2.05) is 24.3 Å². The Bertz CT molecular complexity index is 2970. The fraction of sp³-hybridized carbons (Fsp3) is 0.467. The highest BCUT2D eigenvalue weighted by Gasteiger charge is 2.48. The summed E-state index contributed by atoms with van der Waals surface area (Å²) in [6.45, 7) is 21.0. The van der Waals surface area contributed by atoms with Crippen LogP contribution in [0.5, 0.6) is 23.0 Å². The van der Waals surface area contributed by atoms with Gasteiger partial charge >= 0.3 is 0 Å². The number of likely N-dealkylation sites (tertiary alicyclic amines) is 3. The van der Waals surface area contributed by atoms with Crippen LogP contribution < -0.4 is 18.9 Å². The van der Waals surface area contributed by atoms with Crippen molar-refractivity contribution in [2.45, 2.75) is 51.9 Å². The second kappa shape index (κ2) is 21.9. The van der Waals surface area contributed by atoms with E-state index in [9.17, 15) is 0 Å². The molecule has 8 aromatic rings. The quantitative estimate of drug-likeness (QED) is 0.0881. The van der Waals surface area contributed by atoms with Crippen LogP contribution in [0.25, 0.3) is 43.6 Å². The van der Waals surface area contributed by atoms with Crippen molar-refractivity contribution in [1.29, 1.82) is 0 Å². The third-order valence-corrected chi connectivity index (χ3v) is 16.5.